The van der Waals surface area contributed by atoms with E-state index in [4.69, 9.17) is 18.9 Å². The number of carbonyl (C=O) groups excluding carboxylic acids is 1. The van der Waals surface area contributed by atoms with Crippen molar-refractivity contribution in [3.8, 4) is 11.5 Å². The van der Waals surface area contributed by atoms with Gasteiger partial charge in [0.15, 0.2) is 11.5 Å². The fourth-order valence-corrected chi connectivity index (χ4v) is 4.70. The van der Waals surface area contributed by atoms with Crippen molar-refractivity contribution in [1.82, 2.24) is 4.90 Å². The topological polar surface area (TPSA) is 77.5 Å². The van der Waals surface area contributed by atoms with E-state index in [-0.39, 0.29) is 18.9 Å². The van der Waals surface area contributed by atoms with Crippen LogP contribution in [0.1, 0.15) is 17.5 Å². The SMILES string of the molecule is COC(=O)N1C[C@H]2OCc3cc4c(cc3[C@]23C=C[C@@H](O)C[C@H]13)OCO4. The molecule has 1 saturated heterocycles. The number of hydrogen-bond acceptors (Lipinski definition) is 6. The Morgan fingerprint density at radius 3 is 2.96 bits per heavy atom. The van der Waals surface area contributed by atoms with Crippen LogP contribution in [0.5, 0.6) is 11.5 Å². The van der Waals surface area contributed by atoms with Crippen molar-refractivity contribution in [3.63, 3.8) is 0 Å². The minimum Gasteiger partial charge on any atom is -0.454 e. The van der Waals surface area contributed by atoms with Gasteiger partial charge in [-0.1, -0.05) is 12.2 Å². The number of hydrogen-bond donors (Lipinski definition) is 1. The van der Waals surface area contributed by atoms with Gasteiger partial charge in [0.1, 0.15) is 0 Å². The maximum absolute atomic E-state index is 12.3. The Balaban J connectivity index is 1.69. The Labute approximate surface area is 144 Å². The van der Waals surface area contributed by atoms with Crippen molar-refractivity contribution in [2.75, 3.05) is 20.4 Å². The summed E-state index contributed by atoms with van der Waals surface area (Å²) in [6.45, 7) is 1.10. The molecule has 5 rings (SSSR count). The summed E-state index contributed by atoms with van der Waals surface area (Å²) < 4.78 is 22.1. The molecular formula is C18H19NO6. The van der Waals surface area contributed by atoms with E-state index in [1.54, 1.807) is 11.0 Å². The van der Waals surface area contributed by atoms with E-state index in [1.807, 2.05) is 18.2 Å². The smallest absolute Gasteiger partial charge is 0.409 e. The summed E-state index contributed by atoms with van der Waals surface area (Å²) in [6.07, 6.45) is 3.06. The lowest BCUT2D eigenvalue weighted by atomic mass is 9.65. The number of methoxy groups -OCH3 is 1. The summed E-state index contributed by atoms with van der Waals surface area (Å²) in [5, 5.41) is 10.2. The lowest BCUT2D eigenvalue weighted by Gasteiger charge is -2.45. The van der Waals surface area contributed by atoms with E-state index in [0.717, 1.165) is 16.9 Å². The summed E-state index contributed by atoms with van der Waals surface area (Å²) in [7, 11) is 1.37. The Morgan fingerprint density at radius 2 is 2.16 bits per heavy atom. The highest BCUT2D eigenvalue weighted by molar-refractivity contribution is 5.70. The lowest BCUT2D eigenvalue weighted by Crippen LogP contribution is -2.52. The first-order valence-corrected chi connectivity index (χ1v) is 8.40. The standard InChI is InChI=1S/C18H19NO6/c1-22-17(21)19-7-16-18(3-2-11(20)5-15(18)19)12-6-14-13(24-9-25-14)4-10(12)8-23-16/h2-4,6,11,15-16,20H,5,7-9H2,1H3/t11-,15+,16-,18+/m1/s1. The first kappa shape index (κ1) is 15.0. The molecule has 1 aromatic carbocycles. The van der Waals surface area contributed by atoms with Crippen molar-refractivity contribution in [2.45, 2.75) is 36.7 Å². The molecule has 1 N–H and O–H groups in total. The zero-order valence-corrected chi connectivity index (χ0v) is 13.8. The van der Waals surface area contributed by atoms with E-state index < -0.39 is 17.6 Å². The van der Waals surface area contributed by atoms with Crippen molar-refractivity contribution >= 4 is 6.09 Å². The number of benzene rings is 1. The highest BCUT2D eigenvalue weighted by Gasteiger charge is 2.60. The predicted octanol–water partition coefficient (Wildman–Crippen LogP) is 1.32. The number of rotatable bonds is 0. The van der Waals surface area contributed by atoms with Gasteiger partial charge in [0.2, 0.25) is 6.79 Å². The summed E-state index contributed by atoms with van der Waals surface area (Å²) in [5.74, 6) is 1.43. The molecule has 132 valence electrons. The van der Waals surface area contributed by atoms with E-state index in [2.05, 4.69) is 0 Å². The average Bonchev–Trinajstić information content (AvgIpc) is 3.21. The van der Waals surface area contributed by atoms with Crippen molar-refractivity contribution in [3.05, 3.63) is 35.4 Å². The summed E-state index contributed by atoms with van der Waals surface area (Å²) in [6, 6.07) is 3.73. The minimum atomic E-state index is -0.596. The third-order valence-electron chi connectivity index (χ3n) is 5.80. The molecule has 3 aliphatic heterocycles. The predicted molar refractivity (Wildman–Crippen MR) is 85.5 cm³/mol. The number of amides is 1. The second-order valence-electron chi connectivity index (χ2n) is 6.90. The molecule has 0 bridgehead atoms. The highest BCUT2D eigenvalue weighted by atomic mass is 16.7. The number of nitrogens with zero attached hydrogens (tertiary/aromatic N) is 1. The molecule has 7 heteroatoms. The van der Waals surface area contributed by atoms with Gasteiger partial charge in [-0.2, -0.15) is 0 Å². The zero-order valence-electron chi connectivity index (χ0n) is 13.8. The normalized spacial score (nSPS) is 34.3. The lowest BCUT2D eigenvalue weighted by molar-refractivity contribution is -0.00118. The highest BCUT2D eigenvalue weighted by Crippen LogP contribution is 2.53. The van der Waals surface area contributed by atoms with Crippen LogP contribution in [0.15, 0.2) is 24.3 Å². The van der Waals surface area contributed by atoms with Crippen LogP contribution in [0.2, 0.25) is 0 Å². The summed E-state index contributed by atoms with van der Waals surface area (Å²) in [4.78, 5) is 14.0. The molecule has 1 aromatic rings. The van der Waals surface area contributed by atoms with Gasteiger partial charge in [-0.3, -0.25) is 0 Å². The number of aliphatic hydroxyl groups excluding tert-OH is 1. The van der Waals surface area contributed by atoms with Crippen LogP contribution in [0.3, 0.4) is 0 Å². The van der Waals surface area contributed by atoms with Gasteiger partial charge in [-0.05, 0) is 29.7 Å². The largest absolute Gasteiger partial charge is 0.454 e. The molecule has 1 amide bonds. The van der Waals surface area contributed by atoms with Crippen molar-refractivity contribution in [1.29, 1.82) is 0 Å². The minimum absolute atomic E-state index is 0.187. The first-order valence-electron chi connectivity index (χ1n) is 8.40. The quantitative estimate of drug-likeness (QED) is 0.715. The van der Waals surface area contributed by atoms with E-state index >= 15 is 0 Å². The molecule has 3 heterocycles. The van der Waals surface area contributed by atoms with Crippen LogP contribution >= 0.6 is 0 Å². The number of ether oxygens (including phenoxy) is 4. The Morgan fingerprint density at radius 1 is 1.36 bits per heavy atom. The van der Waals surface area contributed by atoms with Crippen LogP contribution < -0.4 is 9.47 Å². The van der Waals surface area contributed by atoms with Crippen LogP contribution in [-0.4, -0.2) is 54.8 Å². The van der Waals surface area contributed by atoms with Gasteiger partial charge in [0.05, 0.1) is 43.9 Å². The summed E-state index contributed by atoms with van der Waals surface area (Å²) >= 11 is 0. The monoisotopic (exact) mass is 345 g/mol. The molecule has 0 unspecified atom stereocenters. The van der Waals surface area contributed by atoms with Gasteiger partial charge < -0.3 is 29.0 Å². The molecule has 1 aliphatic carbocycles. The third-order valence-corrected chi connectivity index (χ3v) is 5.80. The van der Waals surface area contributed by atoms with Crippen LogP contribution in [0.4, 0.5) is 4.79 Å². The number of fused-ring (bicyclic) bond motifs is 2. The molecule has 4 aliphatic rings. The maximum Gasteiger partial charge on any atom is 0.409 e. The van der Waals surface area contributed by atoms with E-state index in [0.29, 0.717) is 25.3 Å². The fraction of sp³-hybridized carbons (Fsp3) is 0.500. The van der Waals surface area contributed by atoms with Crippen molar-refractivity contribution < 1.29 is 28.8 Å². The number of likely N-dealkylation sites (tertiary alicyclic amines) is 1. The molecule has 25 heavy (non-hydrogen) atoms. The molecule has 4 atom stereocenters. The zero-order chi connectivity index (χ0) is 17.2. The van der Waals surface area contributed by atoms with Gasteiger partial charge in [-0.25, -0.2) is 4.79 Å². The molecule has 0 saturated carbocycles. The van der Waals surface area contributed by atoms with Gasteiger partial charge >= 0.3 is 6.09 Å². The third kappa shape index (κ3) is 1.90. The molecule has 0 aromatic heterocycles. The van der Waals surface area contributed by atoms with E-state index in [9.17, 15) is 9.90 Å². The second kappa shape index (κ2) is 5.12. The summed E-state index contributed by atoms with van der Waals surface area (Å²) in [5.41, 5.74) is 1.59. The number of aliphatic hydroxyl groups is 1. The molecule has 7 nitrogen and oxygen atoms in total. The molecule has 0 radical (unpaired) electrons. The fourth-order valence-electron chi connectivity index (χ4n) is 4.70. The number of carbonyl (C=O) groups is 1. The first-order chi connectivity index (χ1) is 12.1. The Bertz CT molecular complexity index is 777. The Hall–Kier alpha value is -2.25. The van der Waals surface area contributed by atoms with Crippen LogP contribution in [0, 0.1) is 0 Å². The van der Waals surface area contributed by atoms with Crippen LogP contribution in [-0.2, 0) is 21.5 Å². The molecule has 1 spiro atoms. The van der Waals surface area contributed by atoms with E-state index in [1.165, 1.54) is 7.11 Å². The Kier molecular flexibility index (Phi) is 3.08. The van der Waals surface area contributed by atoms with Crippen LogP contribution in [0.25, 0.3) is 0 Å². The average molecular weight is 345 g/mol. The second-order valence-corrected chi connectivity index (χ2v) is 6.90. The molecular weight excluding hydrogens is 326 g/mol. The van der Waals surface area contributed by atoms with Gasteiger partial charge in [0.25, 0.3) is 0 Å². The van der Waals surface area contributed by atoms with Gasteiger partial charge in [-0.15, -0.1) is 0 Å². The van der Waals surface area contributed by atoms with Crippen molar-refractivity contribution in [2.24, 2.45) is 0 Å². The van der Waals surface area contributed by atoms with Gasteiger partial charge in [0, 0.05) is 0 Å². The maximum atomic E-state index is 12.3. The molecule has 1 fully saturated rings.